The van der Waals surface area contributed by atoms with E-state index < -0.39 is 19.9 Å². The van der Waals surface area contributed by atoms with E-state index in [2.05, 4.69) is 53.7 Å². The fraction of sp³-hybridized carbons (Fsp3) is 0.606. The van der Waals surface area contributed by atoms with Crippen molar-refractivity contribution in [1.82, 2.24) is 0 Å². The van der Waals surface area contributed by atoms with Crippen LogP contribution in [0.2, 0.25) is 0 Å². The van der Waals surface area contributed by atoms with Crippen LogP contribution in [-0.4, -0.2) is 22.0 Å². The van der Waals surface area contributed by atoms with Crippen LogP contribution in [0.25, 0.3) is 0 Å². The molecule has 0 amide bonds. The summed E-state index contributed by atoms with van der Waals surface area (Å²) in [5.41, 5.74) is 5.03. The summed E-state index contributed by atoms with van der Waals surface area (Å²) in [6.45, 7) is 13.1. The molecule has 5 nitrogen and oxygen atoms in total. The number of fused-ring (bicyclic) bond motifs is 3. The van der Waals surface area contributed by atoms with Crippen molar-refractivity contribution >= 4 is 24.8 Å². The Morgan fingerprint density at radius 1 is 0.800 bits per heavy atom. The lowest BCUT2D eigenvalue weighted by molar-refractivity contribution is 0.429. The molecule has 1 aliphatic heterocycles. The highest BCUT2D eigenvalue weighted by molar-refractivity contribution is 7.98. The molecule has 220 valence electrons. The zero-order chi connectivity index (χ0) is 29.0. The molecule has 2 aromatic rings. The Morgan fingerprint density at radius 2 is 1.38 bits per heavy atom. The number of benzene rings is 2. The van der Waals surface area contributed by atoms with Crippen molar-refractivity contribution in [2.45, 2.75) is 139 Å². The fourth-order valence-corrected chi connectivity index (χ4v) is 10.7. The third kappa shape index (κ3) is 5.27. The van der Waals surface area contributed by atoms with Crippen LogP contribution in [0.15, 0.2) is 34.1 Å². The van der Waals surface area contributed by atoms with E-state index in [-0.39, 0.29) is 28.6 Å². The first kappa shape index (κ1) is 29.7. The van der Waals surface area contributed by atoms with Gasteiger partial charge in [0.1, 0.15) is 5.75 Å². The molecule has 0 radical (unpaired) electrons. The highest BCUT2D eigenvalue weighted by Gasteiger charge is 2.41. The van der Waals surface area contributed by atoms with Gasteiger partial charge in [0, 0.05) is 21.9 Å². The van der Waals surface area contributed by atoms with E-state index in [0.29, 0.717) is 18.1 Å². The van der Waals surface area contributed by atoms with Crippen molar-refractivity contribution in [2.75, 3.05) is 0 Å². The highest BCUT2D eigenvalue weighted by Crippen LogP contribution is 2.51. The summed E-state index contributed by atoms with van der Waals surface area (Å²) >= 11 is 0. The van der Waals surface area contributed by atoms with Gasteiger partial charge in [0.05, 0.1) is 9.79 Å². The standard InChI is InChI=1S/C33H46O5S2/c1-20(2)24-16-27(21(3)4)33(28(17-24)22(5)6)39(34)31-15-11-10-14-26(31)30-19-25(40(35,36)37)18-29(32(30)38-39)23-12-8-7-9-13-23/h16-23,26H,7-15H2,1-6H3,(H,35,36,37). The topological polar surface area (TPSA) is 80.7 Å². The lowest BCUT2D eigenvalue weighted by Crippen LogP contribution is -2.35. The van der Waals surface area contributed by atoms with Crippen LogP contribution in [0.4, 0.5) is 0 Å². The van der Waals surface area contributed by atoms with Crippen molar-refractivity contribution in [3.05, 3.63) is 52.1 Å². The minimum Gasteiger partial charge on any atom is -0.404 e. The molecule has 5 rings (SSSR count). The number of rotatable bonds is 6. The van der Waals surface area contributed by atoms with Gasteiger partial charge in [-0.15, -0.1) is 0 Å². The van der Waals surface area contributed by atoms with E-state index >= 15 is 4.21 Å². The predicted molar refractivity (Wildman–Crippen MR) is 164 cm³/mol. The maximum Gasteiger partial charge on any atom is 0.294 e. The maximum absolute atomic E-state index is 15.8. The van der Waals surface area contributed by atoms with Crippen LogP contribution >= 0.6 is 0 Å². The van der Waals surface area contributed by atoms with Gasteiger partial charge in [-0.1, -0.05) is 79.4 Å². The van der Waals surface area contributed by atoms with Crippen molar-refractivity contribution in [3.63, 3.8) is 0 Å². The van der Waals surface area contributed by atoms with Gasteiger partial charge < -0.3 is 4.18 Å². The quantitative estimate of drug-likeness (QED) is 0.270. The van der Waals surface area contributed by atoms with E-state index in [1.165, 1.54) is 5.56 Å². The molecule has 2 aromatic carbocycles. The van der Waals surface area contributed by atoms with Gasteiger partial charge in [0.2, 0.25) is 0 Å². The third-order valence-electron chi connectivity index (χ3n) is 9.29. The molecule has 7 heteroatoms. The Labute approximate surface area is 242 Å². The molecular formula is C33H46O5S2. The second-order valence-corrected chi connectivity index (χ2v) is 16.6. The summed E-state index contributed by atoms with van der Waals surface area (Å²) in [6, 6.07) is 7.68. The molecule has 2 aliphatic carbocycles. The van der Waals surface area contributed by atoms with E-state index in [4.69, 9.17) is 4.18 Å². The molecular weight excluding hydrogens is 540 g/mol. The third-order valence-corrected chi connectivity index (χ3v) is 12.7. The predicted octanol–water partition coefficient (Wildman–Crippen LogP) is 8.83. The summed E-state index contributed by atoms with van der Waals surface area (Å²) in [4.78, 5) is 1.68. The molecule has 0 bridgehead atoms. The summed E-state index contributed by atoms with van der Waals surface area (Å²) < 4.78 is 57.7. The van der Waals surface area contributed by atoms with E-state index in [1.807, 2.05) is 0 Å². The zero-order valence-corrected chi connectivity index (χ0v) is 26.6. The van der Waals surface area contributed by atoms with E-state index in [1.54, 1.807) is 12.1 Å². The molecule has 3 aliphatic rings. The van der Waals surface area contributed by atoms with Gasteiger partial charge in [-0.3, -0.25) is 4.55 Å². The van der Waals surface area contributed by atoms with Gasteiger partial charge in [0.15, 0.2) is 9.80 Å². The summed E-state index contributed by atoms with van der Waals surface area (Å²) in [5, 5.41) is 0. The maximum atomic E-state index is 15.8. The van der Waals surface area contributed by atoms with Gasteiger partial charge in [-0.05, 0) is 84.6 Å². The highest BCUT2D eigenvalue weighted by atomic mass is 32.2. The molecule has 2 saturated carbocycles. The first-order chi connectivity index (χ1) is 18.8. The molecule has 0 aromatic heterocycles. The Bertz CT molecular complexity index is 1490. The zero-order valence-electron chi connectivity index (χ0n) is 25.0. The van der Waals surface area contributed by atoms with Gasteiger partial charge in [0.25, 0.3) is 10.1 Å². The van der Waals surface area contributed by atoms with Crippen molar-refractivity contribution < 1.29 is 21.4 Å². The smallest absolute Gasteiger partial charge is 0.294 e. The van der Waals surface area contributed by atoms with Gasteiger partial charge in [-0.2, -0.15) is 8.42 Å². The lowest BCUT2D eigenvalue weighted by atomic mass is 9.79. The molecule has 1 N–H and O–H groups in total. The largest absolute Gasteiger partial charge is 0.404 e. The van der Waals surface area contributed by atoms with Crippen molar-refractivity contribution in [2.24, 2.45) is 0 Å². The molecule has 0 spiro atoms. The minimum atomic E-state index is -4.40. The Morgan fingerprint density at radius 3 is 1.93 bits per heavy atom. The van der Waals surface area contributed by atoms with Crippen LogP contribution < -0.4 is 4.18 Å². The van der Waals surface area contributed by atoms with Gasteiger partial charge in [-0.25, -0.2) is 4.21 Å². The molecule has 2 fully saturated rings. The minimum absolute atomic E-state index is 0.0687. The Hall–Kier alpha value is -1.83. The van der Waals surface area contributed by atoms with Crippen LogP contribution in [-0.2, 0) is 19.9 Å². The SMILES string of the molecule is CC(C)c1cc(C(C)C)c(S2(=O)=C3CCCCC3c3cc(S(=O)(=O)O)cc(C4CCCCC4)c3O2)c(C(C)C)c1. The summed E-state index contributed by atoms with van der Waals surface area (Å²) in [7, 11) is -7.48. The first-order valence-electron chi connectivity index (χ1n) is 15.2. The summed E-state index contributed by atoms with van der Waals surface area (Å²) in [5.74, 6) is 1.25. The first-order valence-corrected chi connectivity index (χ1v) is 18.2. The lowest BCUT2D eigenvalue weighted by Gasteiger charge is -2.39. The molecule has 2 atom stereocenters. The fourth-order valence-electron chi connectivity index (χ4n) is 7.04. The second kappa shape index (κ2) is 11.1. The van der Waals surface area contributed by atoms with Crippen molar-refractivity contribution in [3.8, 4) is 5.75 Å². The van der Waals surface area contributed by atoms with E-state index in [9.17, 15) is 13.0 Å². The van der Waals surface area contributed by atoms with Crippen molar-refractivity contribution in [1.29, 1.82) is 0 Å². The van der Waals surface area contributed by atoms with Crippen LogP contribution in [0.1, 0.15) is 157 Å². The second-order valence-electron chi connectivity index (χ2n) is 13.1. The van der Waals surface area contributed by atoms with Gasteiger partial charge >= 0.3 is 0 Å². The normalized spacial score (nSPS) is 23.9. The summed E-state index contributed by atoms with van der Waals surface area (Å²) in [6.07, 6.45) is 8.58. The Balaban J connectivity index is 1.85. The van der Waals surface area contributed by atoms with E-state index in [0.717, 1.165) is 83.4 Å². The average molecular weight is 587 g/mol. The molecule has 1 heterocycles. The molecule has 40 heavy (non-hydrogen) atoms. The molecule has 2 unspecified atom stereocenters. The average Bonchev–Trinajstić information content (AvgIpc) is 2.91. The monoisotopic (exact) mass is 586 g/mol. The number of hydrogen-bond donors (Lipinski definition) is 1. The van der Waals surface area contributed by atoms with Crippen LogP contribution in [0.3, 0.4) is 0 Å². The van der Waals surface area contributed by atoms with Crippen LogP contribution in [0.5, 0.6) is 5.75 Å². The van der Waals surface area contributed by atoms with Crippen LogP contribution in [0, 0.1) is 0 Å². The number of hydrogen-bond acceptors (Lipinski definition) is 4. The molecule has 0 saturated heterocycles. The Kier molecular flexibility index (Phi) is 8.23.